The lowest BCUT2D eigenvalue weighted by Gasteiger charge is -2.42. The minimum atomic E-state index is 0.217. The van der Waals surface area contributed by atoms with Crippen LogP contribution in [0.2, 0.25) is 0 Å². The quantitative estimate of drug-likeness (QED) is 0.814. The van der Waals surface area contributed by atoms with E-state index in [0.717, 1.165) is 17.6 Å². The van der Waals surface area contributed by atoms with E-state index in [4.69, 9.17) is 4.74 Å². The van der Waals surface area contributed by atoms with E-state index < -0.39 is 0 Å². The van der Waals surface area contributed by atoms with Crippen molar-refractivity contribution in [3.63, 3.8) is 0 Å². The highest BCUT2D eigenvalue weighted by atomic mass is 16.5. The van der Waals surface area contributed by atoms with Gasteiger partial charge in [0.15, 0.2) is 0 Å². The lowest BCUT2D eigenvalue weighted by atomic mass is 9.71. The molecule has 3 rings (SSSR count). The van der Waals surface area contributed by atoms with Gasteiger partial charge < -0.3 is 10.1 Å². The Morgan fingerprint density at radius 1 is 1.20 bits per heavy atom. The molecule has 2 aliphatic rings. The van der Waals surface area contributed by atoms with E-state index in [2.05, 4.69) is 56.4 Å². The topological polar surface area (TPSA) is 21.3 Å². The predicted molar refractivity (Wildman–Crippen MR) is 82.9 cm³/mol. The minimum Gasteiger partial charge on any atom is -0.491 e. The summed E-state index contributed by atoms with van der Waals surface area (Å²) in [6.45, 7) is 6.40. The molecule has 0 saturated heterocycles. The highest BCUT2D eigenvalue weighted by Gasteiger charge is 2.41. The van der Waals surface area contributed by atoms with E-state index in [1.807, 2.05) is 6.07 Å². The lowest BCUT2D eigenvalue weighted by Crippen LogP contribution is -2.48. The maximum absolute atomic E-state index is 5.93. The highest BCUT2D eigenvalue weighted by Crippen LogP contribution is 2.43. The first-order valence-electron chi connectivity index (χ1n) is 7.83. The summed E-state index contributed by atoms with van der Waals surface area (Å²) in [7, 11) is 0. The number of allylic oxidation sites excluding steroid dienone is 1. The zero-order valence-corrected chi connectivity index (χ0v) is 12.7. The van der Waals surface area contributed by atoms with E-state index in [1.54, 1.807) is 0 Å². The van der Waals surface area contributed by atoms with Gasteiger partial charge in [0.1, 0.15) is 5.75 Å². The van der Waals surface area contributed by atoms with Gasteiger partial charge in [0.25, 0.3) is 0 Å². The average Bonchev–Trinajstić information content (AvgIpc) is 2.77. The summed E-state index contributed by atoms with van der Waals surface area (Å²) in [6.07, 6.45) is 7.56. The van der Waals surface area contributed by atoms with Crippen LogP contribution in [0.1, 0.15) is 45.2 Å². The van der Waals surface area contributed by atoms with E-state index >= 15 is 0 Å². The Kier molecular flexibility index (Phi) is 3.84. The van der Waals surface area contributed by atoms with Crippen LogP contribution in [0.4, 0.5) is 0 Å². The fourth-order valence-electron chi connectivity index (χ4n) is 3.52. The van der Waals surface area contributed by atoms with Crippen molar-refractivity contribution in [2.24, 2.45) is 11.8 Å². The first kappa shape index (κ1) is 13.7. The summed E-state index contributed by atoms with van der Waals surface area (Å²) in [4.78, 5) is 0. The molecular weight excluding hydrogens is 246 g/mol. The van der Waals surface area contributed by atoms with Crippen LogP contribution in [0.5, 0.6) is 5.75 Å². The second-order valence-corrected chi connectivity index (χ2v) is 6.44. The van der Waals surface area contributed by atoms with Gasteiger partial charge in [-0.15, -0.1) is 0 Å². The van der Waals surface area contributed by atoms with Gasteiger partial charge in [0, 0.05) is 17.6 Å². The number of nitrogens with one attached hydrogen (secondary N) is 1. The zero-order chi connectivity index (χ0) is 14.1. The van der Waals surface area contributed by atoms with Gasteiger partial charge in [-0.2, -0.15) is 0 Å². The third kappa shape index (κ3) is 2.62. The van der Waals surface area contributed by atoms with Crippen LogP contribution in [-0.2, 0) is 0 Å². The molecule has 0 radical (unpaired) electrons. The maximum Gasteiger partial charge on any atom is 0.124 e. The largest absolute Gasteiger partial charge is 0.491 e. The monoisotopic (exact) mass is 271 g/mol. The fourth-order valence-corrected chi connectivity index (χ4v) is 3.52. The van der Waals surface area contributed by atoms with E-state index in [0.29, 0.717) is 12.1 Å². The van der Waals surface area contributed by atoms with Crippen LogP contribution in [0.15, 0.2) is 36.4 Å². The summed E-state index contributed by atoms with van der Waals surface area (Å²) in [6, 6.07) is 9.38. The highest BCUT2D eigenvalue weighted by molar-refractivity contribution is 5.36. The SMILES string of the molecule is CC(C)Oc1ccccc1C(C)NC1CC2CC=CC21. The Balaban J connectivity index is 1.67. The van der Waals surface area contributed by atoms with Crippen LogP contribution >= 0.6 is 0 Å². The molecule has 0 aromatic heterocycles. The average molecular weight is 271 g/mol. The molecule has 2 nitrogen and oxygen atoms in total. The van der Waals surface area contributed by atoms with Crippen molar-refractivity contribution in [3.05, 3.63) is 42.0 Å². The standard InChI is InChI=1S/C18H25NO/c1-12(2)20-18-10-5-4-8-15(18)13(3)19-17-11-14-7-6-9-16(14)17/h4-6,8-10,12-14,16-17,19H,7,11H2,1-3H3. The molecular formula is C18H25NO. The molecule has 2 aliphatic carbocycles. The summed E-state index contributed by atoms with van der Waals surface area (Å²) in [5, 5.41) is 3.79. The van der Waals surface area contributed by atoms with Crippen molar-refractivity contribution in [2.75, 3.05) is 0 Å². The predicted octanol–water partition coefficient (Wildman–Crippen LogP) is 4.09. The summed E-state index contributed by atoms with van der Waals surface area (Å²) >= 11 is 0. The van der Waals surface area contributed by atoms with Crippen LogP contribution < -0.4 is 10.1 Å². The first-order chi connectivity index (χ1) is 9.65. The smallest absolute Gasteiger partial charge is 0.124 e. The number of ether oxygens (including phenoxy) is 1. The molecule has 0 amide bonds. The van der Waals surface area contributed by atoms with Crippen molar-refractivity contribution in [1.29, 1.82) is 0 Å². The number of fused-ring (bicyclic) bond motifs is 1. The third-order valence-corrected chi connectivity index (χ3v) is 4.58. The lowest BCUT2D eigenvalue weighted by molar-refractivity contribution is 0.151. The summed E-state index contributed by atoms with van der Waals surface area (Å²) in [5.74, 6) is 2.68. The van der Waals surface area contributed by atoms with Crippen molar-refractivity contribution in [1.82, 2.24) is 5.32 Å². The van der Waals surface area contributed by atoms with Crippen molar-refractivity contribution < 1.29 is 4.74 Å². The molecule has 2 heteroatoms. The molecule has 1 aromatic carbocycles. The van der Waals surface area contributed by atoms with Crippen LogP contribution in [0.3, 0.4) is 0 Å². The minimum absolute atomic E-state index is 0.217. The molecule has 108 valence electrons. The Bertz CT molecular complexity index is 494. The fraction of sp³-hybridized carbons (Fsp3) is 0.556. The molecule has 1 N–H and O–H groups in total. The van der Waals surface area contributed by atoms with Crippen molar-refractivity contribution in [3.8, 4) is 5.75 Å². The first-order valence-corrected chi connectivity index (χ1v) is 7.83. The summed E-state index contributed by atoms with van der Waals surface area (Å²) < 4.78 is 5.93. The molecule has 0 heterocycles. The van der Waals surface area contributed by atoms with Crippen molar-refractivity contribution in [2.45, 2.75) is 51.8 Å². The molecule has 4 unspecified atom stereocenters. The van der Waals surface area contributed by atoms with Crippen molar-refractivity contribution >= 4 is 0 Å². The molecule has 1 saturated carbocycles. The number of hydrogen-bond acceptors (Lipinski definition) is 2. The Morgan fingerprint density at radius 3 is 2.75 bits per heavy atom. The van der Waals surface area contributed by atoms with Crippen LogP contribution in [0.25, 0.3) is 0 Å². The second-order valence-electron chi connectivity index (χ2n) is 6.44. The molecule has 1 aromatic rings. The van der Waals surface area contributed by atoms with E-state index in [-0.39, 0.29) is 6.10 Å². The number of hydrogen-bond donors (Lipinski definition) is 1. The normalized spacial score (nSPS) is 29.1. The van der Waals surface area contributed by atoms with Gasteiger partial charge in [-0.1, -0.05) is 30.4 Å². The van der Waals surface area contributed by atoms with Gasteiger partial charge in [-0.3, -0.25) is 0 Å². The number of benzene rings is 1. The molecule has 4 atom stereocenters. The maximum atomic E-state index is 5.93. The van der Waals surface area contributed by atoms with E-state index in [9.17, 15) is 0 Å². The molecule has 1 fully saturated rings. The molecule has 0 bridgehead atoms. The van der Waals surface area contributed by atoms with Crippen LogP contribution in [-0.4, -0.2) is 12.1 Å². The Labute approximate surface area is 122 Å². The number of para-hydroxylation sites is 1. The molecule has 20 heavy (non-hydrogen) atoms. The van der Waals surface area contributed by atoms with Gasteiger partial charge in [0.2, 0.25) is 0 Å². The number of rotatable bonds is 5. The van der Waals surface area contributed by atoms with E-state index in [1.165, 1.54) is 18.4 Å². The zero-order valence-electron chi connectivity index (χ0n) is 12.7. The van der Waals surface area contributed by atoms with Gasteiger partial charge in [-0.05, 0) is 51.5 Å². The van der Waals surface area contributed by atoms with Gasteiger partial charge in [-0.25, -0.2) is 0 Å². The Hall–Kier alpha value is -1.28. The molecule has 0 spiro atoms. The van der Waals surface area contributed by atoms with Gasteiger partial charge in [0.05, 0.1) is 6.10 Å². The molecule has 0 aliphatic heterocycles. The van der Waals surface area contributed by atoms with Gasteiger partial charge >= 0.3 is 0 Å². The third-order valence-electron chi connectivity index (χ3n) is 4.58. The second kappa shape index (κ2) is 5.61. The summed E-state index contributed by atoms with van der Waals surface area (Å²) in [5.41, 5.74) is 1.27. The van der Waals surface area contributed by atoms with Crippen LogP contribution in [0, 0.1) is 11.8 Å². The Morgan fingerprint density at radius 2 is 2.00 bits per heavy atom.